The van der Waals surface area contributed by atoms with Gasteiger partial charge in [-0.3, -0.25) is 0 Å². The molecule has 1 heterocycles. The van der Waals surface area contributed by atoms with Crippen LogP contribution in [0.15, 0.2) is 30.3 Å². The van der Waals surface area contributed by atoms with Gasteiger partial charge in [-0.2, -0.15) is 0 Å². The molecule has 0 bridgehead atoms. The quantitative estimate of drug-likeness (QED) is 0.797. The van der Waals surface area contributed by atoms with Crippen LogP contribution in [0.1, 0.15) is 50.5 Å². The lowest BCUT2D eigenvalue weighted by Gasteiger charge is -2.39. The Hall–Kier alpha value is -1.32. The molecule has 0 amide bonds. The number of methoxy groups -OCH3 is 1. The molecule has 1 aliphatic heterocycles. The zero-order valence-electron chi connectivity index (χ0n) is 14.6. The molecule has 3 aliphatic rings. The zero-order chi connectivity index (χ0) is 16.4. The molecule has 1 aromatic rings. The average molecular weight is 328 g/mol. The molecule has 3 nitrogen and oxygen atoms in total. The van der Waals surface area contributed by atoms with Crippen LogP contribution in [0.3, 0.4) is 0 Å². The van der Waals surface area contributed by atoms with Crippen molar-refractivity contribution < 1.29 is 14.2 Å². The van der Waals surface area contributed by atoms with E-state index in [2.05, 4.69) is 30.3 Å². The van der Waals surface area contributed by atoms with Crippen molar-refractivity contribution >= 4 is 5.57 Å². The fourth-order valence-electron chi connectivity index (χ4n) is 4.69. The van der Waals surface area contributed by atoms with Crippen molar-refractivity contribution in [1.29, 1.82) is 0 Å². The molecule has 24 heavy (non-hydrogen) atoms. The van der Waals surface area contributed by atoms with E-state index in [1.165, 1.54) is 43.2 Å². The minimum Gasteiger partial charge on any atom is -0.497 e. The van der Waals surface area contributed by atoms with Gasteiger partial charge in [0.2, 0.25) is 0 Å². The van der Waals surface area contributed by atoms with Gasteiger partial charge in [0.15, 0.2) is 5.79 Å². The molecule has 2 fully saturated rings. The zero-order valence-corrected chi connectivity index (χ0v) is 14.6. The summed E-state index contributed by atoms with van der Waals surface area (Å²) in [6.07, 6.45) is 10.9. The summed E-state index contributed by atoms with van der Waals surface area (Å²) in [5, 5.41) is 0. The molecule has 0 radical (unpaired) electrons. The SMILES string of the molecule is COc1ccc(C2=CCC(C3CCC4(CC3)OCCO4)CC2)cc1. The van der Waals surface area contributed by atoms with Gasteiger partial charge in [0.1, 0.15) is 5.75 Å². The van der Waals surface area contributed by atoms with Crippen LogP contribution < -0.4 is 4.74 Å². The van der Waals surface area contributed by atoms with Gasteiger partial charge in [0.05, 0.1) is 20.3 Å². The summed E-state index contributed by atoms with van der Waals surface area (Å²) in [7, 11) is 1.72. The number of rotatable bonds is 3. The molecule has 2 aliphatic carbocycles. The normalized spacial score (nSPS) is 27.2. The van der Waals surface area contributed by atoms with Gasteiger partial charge in [-0.25, -0.2) is 0 Å². The molecular weight excluding hydrogens is 300 g/mol. The maximum absolute atomic E-state index is 5.87. The maximum atomic E-state index is 5.87. The second-order valence-corrected chi connectivity index (χ2v) is 7.44. The van der Waals surface area contributed by atoms with E-state index in [1.54, 1.807) is 7.11 Å². The topological polar surface area (TPSA) is 27.7 Å². The molecule has 3 heteroatoms. The van der Waals surface area contributed by atoms with Crippen molar-refractivity contribution in [3.8, 4) is 5.75 Å². The highest BCUT2D eigenvalue weighted by atomic mass is 16.7. The summed E-state index contributed by atoms with van der Waals surface area (Å²) in [6, 6.07) is 8.49. The van der Waals surface area contributed by atoms with Crippen molar-refractivity contribution in [2.75, 3.05) is 20.3 Å². The van der Waals surface area contributed by atoms with Crippen molar-refractivity contribution in [1.82, 2.24) is 0 Å². The molecule has 4 rings (SSSR count). The first kappa shape index (κ1) is 16.2. The number of allylic oxidation sites excluding steroid dienone is 2. The van der Waals surface area contributed by atoms with E-state index >= 15 is 0 Å². The second-order valence-electron chi connectivity index (χ2n) is 7.44. The van der Waals surface area contributed by atoms with Crippen LogP contribution in [0.5, 0.6) is 5.75 Å². The summed E-state index contributed by atoms with van der Waals surface area (Å²) >= 11 is 0. The van der Waals surface area contributed by atoms with Crippen molar-refractivity contribution in [2.24, 2.45) is 11.8 Å². The number of ether oxygens (including phenoxy) is 3. The molecule has 1 atom stereocenters. The van der Waals surface area contributed by atoms with Gasteiger partial charge in [-0.15, -0.1) is 0 Å². The highest BCUT2D eigenvalue weighted by Crippen LogP contribution is 2.44. The third kappa shape index (κ3) is 3.25. The van der Waals surface area contributed by atoms with Gasteiger partial charge in [0, 0.05) is 12.8 Å². The Balaban J connectivity index is 1.34. The lowest BCUT2D eigenvalue weighted by Crippen LogP contribution is -2.37. The molecule has 130 valence electrons. The number of hydrogen-bond donors (Lipinski definition) is 0. The third-order valence-electron chi connectivity index (χ3n) is 6.18. The van der Waals surface area contributed by atoms with Crippen LogP contribution in [0, 0.1) is 11.8 Å². The standard InChI is InChI=1S/C21H28O3/c1-22-20-8-6-18(7-9-20)16-2-4-17(5-3-16)19-10-12-21(13-11-19)23-14-15-24-21/h2,6-9,17,19H,3-5,10-15H2,1H3. The monoisotopic (exact) mass is 328 g/mol. The molecular formula is C21H28O3. The van der Waals surface area contributed by atoms with Gasteiger partial charge in [-0.1, -0.05) is 18.2 Å². The molecule has 0 aromatic heterocycles. The first-order valence-electron chi connectivity index (χ1n) is 9.39. The smallest absolute Gasteiger partial charge is 0.168 e. The summed E-state index contributed by atoms with van der Waals surface area (Å²) in [5.41, 5.74) is 2.85. The van der Waals surface area contributed by atoms with Gasteiger partial charge < -0.3 is 14.2 Å². The van der Waals surface area contributed by atoms with Crippen LogP contribution in [0.2, 0.25) is 0 Å². The number of hydrogen-bond acceptors (Lipinski definition) is 3. The Labute approximate surface area is 145 Å². The van der Waals surface area contributed by atoms with E-state index in [4.69, 9.17) is 14.2 Å². The summed E-state index contributed by atoms with van der Waals surface area (Å²) in [6.45, 7) is 1.56. The molecule has 1 spiro atoms. The minimum absolute atomic E-state index is 0.213. The predicted molar refractivity (Wildman–Crippen MR) is 94.9 cm³/mol. The first-order valence-corrected chi connectivity index (χ1v) is 9.39. The van der Waals surface area contributed by atoms with E-state index < -0.39 is 0 Å². The first-order chi connectivity index (χ1) is 11.8. The largest absolute Gasteiger partial charge is 0.497 e. The molecule has 1 saturated carbocycles. The van der Waals surface area contributed by atoms with E-state index in [0.29, 0.717) is 0 Å². The van der Waals surface area contributed by atoms with Crippen LogP contribution in [0.4, 0.5) is 0 Å². The molecule has 1 unspecified atom stereocenters. The van der Waals surface area contributed by atoms with E-state index in [-0.39, 0.29) is 5.79 Å². The van der Waals surface area contributed by atoms with Crippen molar-refractivity contribution in [2.45, 2.75) is 50.7 Å². The third-order valence-corrected chi connectivity index (χ3v) is 6.18. The Morgan fingerprint density at radius 1 is 0.958 bits per heavy atom. The minimum atomic E-state index is -0.213. The number of benzene rings is 1. The molecule has 1 aromatic carbocycles. The Morgan fingerprint density at radius 3 is 2.25 bits per heavy atom. The summed E-state index contributed by atoms with van der Waals surface area (Å²) < 4.78 is 17.0. The average Bonchev–Trinajstić information content (AvgIpc) is 3.11. The van der Waals surface area contributed by atoms with Crippen LogP contribution >= 0.6 is 0 Å². The Bertz CT molecular complexity index is 574. The summed E-state index contributed by atoms with van der Waals surface area (Å²) in [4.78, 5) is 0. The molecule has 1 saturated heterocycles. The van der Waals surface area contributed by atoms with Crippen molar-refractivity contribution in [3.05, 3.63) is 35.9 Å². The maximum Gasteiger partial charge on any atom is 0.168 e. The summed E-state index contributed by atoms with van der Waals surface area (Å²) in [5.74, 6) is 2.40. The van der Waals surface area contributed by atoms with E-state index in [9.17, 15) is 0 Å². The van der Waals surface area contributed by atoms with E-state index in [1.807, 2.05) is 0 Å². The Kier molecular flexibility index (Phi) is 4.64. The van der Waals surface area contributed by atoms with Crippen molar-refractivity contribution in [3.63, 3.8) is 0 Å². The van der Waals surface area contributed by atoms with E-state index in [0.717, 1.165) is 43.6 Å². The second kappa shape index (κ2) is 6.89. The van der Waals surface area contributed by atoms with Crippen LogP contribution in [-0.4, -0.2) is 26.1 Å². The van der Waals surface area contributed by atoms with Gasteiger partial charge in [0.25, 0.3) is 0 Å². The molecule has 0 N–H and O–H groups in total. The predicted octanol–water partition coefficient (Wildman–Crippen LogP) is 4.81. The fraction of sp³-hybridized carbons (Fsp3) is 0.619. The van der Waals surface area contributed by atoms with Crippen LogP contribution in [0.25, 0.3) is 5.57 Å². The Morgan fingerprint density at radius 2 is 1.67 bits per heavy atom. The lowest BCUT2D eigenvalue weighted by molar-refractivity contribution is -0.184. The lowest BCUT2D eigenvalue weighted by atomic mass is 9.72. The fourth-order valence-corrected chi connectivity index (χ4v) is 4.69. The van der Waals surface area contributed by atoms with Gasteiger partial charge >= 0.3 is 0 Å². The van der Waals surface area contributed by atoms with Gasteiger partial charge in [-0.05, 0) is 67.2 Å². The van der Waals surface area contributed by atoms with Crippen LogP contribution in [-0.2, 0) is 9.47 Å². The highest BCUT2D eigenvalue weighted by Gasteiger charge is 2.41. The highest BCUT2D eigenvalue weighted by molar-refractivity contribution is 5.66.